The van der Waals surface area contributed by atoms with Crippen LogP contribution in [0.25, 0.3) is 0 Å². The summed E-state index contributed by atoms with van der Waals surface area (Å²) in [5, 5.41) is 11.5. The van der Waals surface area contributed by atoms with Crippen molar-refractivity contribution in [3.63, 3.8) is 0 Å². The standard InChI is InChI=1S/C9H12N6OS/c1-5(8-13-14-9(10)17-8)12-7(16)6-3-11-4-15(6)2/h3-5H,1-2H3,(H2,10,14)(H,12,16). The minimum atomic E-state index is -0.229. The van der Waals surface area contributed by atoms with Crippen LogP contribution in [-0.2, 0) is 7.05 Å². The SMILES string of the molecule is CC(NC(=O)c1cncn1C)c1nnc(N)s1. The lowest BCUT2D eigenvalue weighted by Crippen LogP contribution is -2.28. The number of anilines is 1. The van der Waals surface area contributed by atoms with E-state index in [4.69, 9.17) is 5.73 Å². The average molecular weight is 252 g/mol. The van der Waals surface area contributed by atoms with Crippen molar-refractivity contribution >= 4 is 22.4 Å². The number of imidazole rings is 1. The molecule has 0 radical (unpaired) electrons. The monoisotopic (exact) mass is 252 g/mol. The molecule has 2 aromatic heterocycles. The first-order chi connectivity index (χ1) is 8.08. The summed E-state index contributed by atoms with van der Waals surface area (Å²) in [5.74, 6) is -0.203. The van der Waals surface area contributed by atoms with Gasteiger partial charge in [-0.2, -0.15) is 0 Å². The van der Waals surface area contributed by atoms with Crippen LogP contribution in [0.15, 0.2) is 12.5 Å². The largest absolute Gasteiger partial charge is 0.374 e. The highest BCUT2D eigenvalue weighted by Crippen LogP contribution is 2.19. The van der Waals surface area contributed by atoms with Crippen molar-refractivity contribution in [1.29, 1.82) is 0 Å². The molecule has 0 fully saturated rings. The summed E-state index contributed by atoms with van der Waals surface area (Å²) in [4.78, 5) is 15.8. The number of hydrogen-bond acceptors (Lipinski definition) is 6. The van der Waals surface area contributed by atoms with Crippen molar-refractivity contribution < 1.29 is 4.79 Å². The third-order valence-electron chi connectivity index (χ3n) is 2.22. The third kappa shape index (κ3) is 2.41. The topological polar surface area (TPSA) is 98.7 Å². The lowest BCUT2D eigenvalue weighted by molar-refractivity contribution is 0.0931. The number of rotatable bonds is 3. The summed E-state index contributed by atoms with van der Waals surface area (Å²) in [6.07, 6.45) is 3.08. The number of nitrogen functional groups attached to an aromatic ring is 1. The predicted molar refractivity (Wildman–Crippen MR) is 63.4 cm³/mol. The van der Waals surface area contributed by atoms with Crippen molar-refractivity contribution in [1.82, 2.24) is 25.1 Å². The average Bonchev–Trinajstić information content (AvgIpc) is 2.86. The Bertz CT molecular complexity index is 533. The molecule has 2 heterocycles. The summed E-state index contributed by atoms with van der Waals surface area (Å²) < 4.78 is 1.65. The molecule has 1 amide bonds. The second kappa shape index (κ2) is 4.50. The van der Waals surface area contributed by atoms with Gasteiger partial charge in [-0.15, -0.1) is 10.2 Å². The van der Waals surface area contributed by atoms with Gasteiger partial charge in [0.15, 0.2) is 0 Å². The molecule has 2 rings (SSSR count). The van der Waals surface area contributed by atoms with E-state index in [1.807, 2.05) is 6.92 Å². The zero-order chi connectivity index (χ0) is 12.4. The van der Waals surface area contributed by atoms with Crippen molar-refractivity contribution in [2.45, 2.75) is 13.0 Å². The fraction of sp³-hybridized carbons (Fsp3) is 0.333. The Kier molecular flexibility index (Phi) is 3.05. The molecule has 0 bridgehead atoms. The Morgan fingerprint density at radius 3 is 2.88 bits per heavy atom. The van der Waals surface area contributed by atoms with Crippen molar-refractivity contribution in [3.8, 4) is 0 Å². The van der Waals surface area contributed by atoms with Crippen molar-refractivity contribution in [3.05, 3.63) is 23.2 Å². The number of nitrogens with two attached hydrogens (primary N) is 1. The minimum Gasteiger partial charge on any atom is -0.374 e. The van der Waals surface area contributed by atoms with Gasteiger partial charge in [-0.25, -0.2) is 4.98 Å². The fourth-order valence-corrected chi connectivity index (χ4v) is 1.94. The van der Waals surface area contributed by atoms with Gasteiger partial charge in [-0.3, -0.25) is 4.79 Å². The molecular formula is C9H12N6OS. The summed E-state index contributed by atoms with van der Waals surface area (Å²) in [7, 11) is 1.76. The molecule has 0 saturated carbocycles. The zero-order valence-electron chi connectivity index (χ0n) is 9.41. The molecule has 0 aliphatic rings. The molecule has 0 aromatic carbocycles. The second-order valence-electron chi connectivity index (χ2n) is 3.56. The van der Waals surface area contributed by atoms with Crippen LogP contribution in [0.5, 0.6) is 0 Å². The Morgan fingerprint density at radius 2 is 2.35 bits per heavy atom. The van der Waals surface area contributed by atoms with Crippen molar-refractivity contribution in [2.24, 2.45) is 7.05 Å². The molecule has 1 unspecified atom stereocenters. The third-order valence-corrected chi connectivity index (χ3v) is 3.16. The van der Waals surface area contributed by atoms with Gasteiger partial charge >= 0.3 is 0 Å². The summed E-state index contributed by atoms with van der Waals surface area (Å²) >= 11 is 1.26. The highest BCUT2D eigenvalue weighted by molar-refractivity contribution is 7.15. The summed E-state index contributed by atoms with van der Waals surface area (Å²) in [6.45, 7) is 1.83. The van der Waals surface area contributed by atoms with Gasteiger partial charge in [0.2, 0.25) is 5.13 Å². The number of hydrogen-bond donors (Lipinski definition) is 2. The first-order valence-electron chi connectivity index (χ1n) is 4.94. The molecule has 8 heteroatoms. The molecule has 0 saturated heterocycles. The maximum absolute atomic E-state index is 11.9. The molecular weight excluding hydrogens is 240 g/mol. The highest BCUT2D eigenvalue weighted by atomic mass is 32.1. The van der Waals surface area contributed by atoms with Gasteiger partial charge in [0, 0.05) is 7.05 Å². The smallest absolute Gasteiger partial charge is 0.270 e. The molecule has 17 heavy (non-hydrogen) atoms. The maximum atomic E-state index is 11.9. The molecule has 0 aliphatic heterocycles. The van der Waals surface area contributed by atoms with E-state index in [1.54, 1.807) is 17.9 Å². The normalized spacial score (nSPS) is 12.4. The summed E-state index contributed by atoms with van der Waals surface area (Å²) in [6, 6.07) is -0.229. The van der Waals surface area contributed by atoms with Gasteiger partial charge in [0.25, 0.3) is 5.91 Å². The number of carbonyl (C=O) groups is 1. The van der Waals surface area contributed by atoms with Crippen LogP contribution < -0.4 is 11.1 Å². The Morgan fingerprint density at radius 1 is 1.59 bits per heavy atom. The number of nitrogens with zero attached hydrogens (tertiary/aromatic N) is 4. The van der Waals surface area contributed by atoms with Gasteiger partial charge in [-0.05, 0) is 6.92 Å². The second-order valence-corrected chi connectivity index (χ2v) is 4.60. The van der Waals surface area contributed by atoms with E-state index < -0.39 is 0 Å². The highest BCUT2D eigenvalue weighted by Gasteiger charge is 2.16. The number of nitrogens with one attached hydrogen (secondary N) is 1. The van der Waals surface area contributed by atoms with Crippen LogP contribution in [-0.4, -0.2) is 25.7 Å². The maximum Gasteiger partial charge on any atom is 0.270 e. The lowest BCUT2D eigenvalue weighted by Gasteiger charge is -2.10. The van der Waals surface area contributed by atoms with Crippen LogP contribution in [0.4, 0.5) is 5.13 Å². The number of amides is 1. The minimum absolute atomic E-state index is 0.203. The molecule has 0 aliphatic carbocycles. The van der Waals surface area contributed by atoms with E-state index in [9.17, 15) is 4.79 Å². The molecule has 0 spiro atoms. The van der Waals surface area contributed by atoms with Crippen molar-refractivity contribution in [2.75, 3.05) is 5.73 Å². The number of aryl methyl sites for hydroxylation is 1. The first-order valence-corrected chi connectivity index (χ1v) is 5.75. The van der Waals surface area contributed by atoms with Crippen LogP contribution in [0.2, 0.25) is 0 Å². The van der Waals surface area contributed by atoms with E-state index in [-0.39, 0.29) is 11.9 Å². The van der Waals surface area contributed by atoms with E-state index in [0.29, 0.717) is 15.8 Å². The van der Waals surface area contributed by atoms with Gasteiger partial charge < -0.3 is 15.6 Å². The Balaban J connectivity index is 2.07. The molecule has 2 aromatic rings. The Labute approximate surface area is 102 Å². The van der Waals surface area contributed by atoms with E-state index >= 15 is 0 Å². The predicted octanol–water partition coefficient (Wildman–Crippen LogP) is 0.345. The van der Waals surface area contributed by atoms with Gasteiger partial charge in [0.1, 0.15) is 10.7 Å². The molecule has 7 nitrogen and oxygen atoms in total. The zero-order valence-corrected chi connectivity index (χ0v) is 10.2. The summed E-state index contributed by atoms with van der Waals surface area (Å²) in [5.41, 5.74) is 5.98. The molecule has 90 valence electrons. The molecule has 3 N–H and O–H groups in total. The number of carbonyl (C=O) groups excluding carboxylic acids is 1. The van der Waals surface area contributed by atoms with E-state index in [2.05, 4.69) is 20.5 Å². The van der Waals surface area contributed by atoms with Crippen LogP contribution in [0.1, 0.15) is 28.5 Å². The van der Waals surface area contributed by atoms with Crippen LogP contribution in [0, 0.1) is 0 Å². The quantitative estimate of drug-likeness (QED) is 0.821. The fourth-order valence-electron chi connectivity index (χ4n) is 1.33. The number of aromatic nitrogens is 4. The Hall–Kier alpha value is -1.96. The molecule has 1 atom stereocenters. The van der Waals surface area contributed by atoms with E-state index in [0.717, 1.165) is 0 Å². The van der Waals surface area contributed by atoms with Crippen LogP contribution >= 0.6 is 11.3 Å². The van der Waals surface area contributed by atoms with E-state index in [1.165, 1.54) is 17.5 Å². The first kappa shape index (κ1) is 11.5. The van der Waals surface area contributed by atoms with Crippen LogP contribution in [0.3, 0.4) is 0 Å². The lowest BCUT2D eigenvalue weighted by atomic mass is 10.3. The van der Waals surface area contributed by atoms with Gasteiger partial charge in [-0.1, -0.05) is 11.3 Å². The van der Waals surface area contributed by atoms with Gasteiger partial charge in [0.05, 0.1) is 18.6 Å².